The van der Waals surface area contributed by atoms with Gasteiger partial charge in [0.15, 0.2) is 5.82 Å². The molecule has 0 aromatic carbocycles. The molecule has 18 heavy (non-hydrogen) atoms. The lowest BCUT2D eigenvalue weighted by Gasteiger charge is -2.29. The Bertz CT molecular complexity index is 367. The van der Waals surface area contributed by atoms with E-state index in [1.165, 1.54) is 0 Å². The van der Waals surface area contributed by atoms with Crippen LogP contribution in [0.5, 0.6) is 0 Å². The summed E-state index contributed by atoms with van der Waals surface area (Å²) in [5.41, 5.74) is 0.713. The van der Waals surface area contributed by atoms with Crippen molar-refractivity contribution in [2.24, 2.45) is 0 Å². The van der Waals surface area contributed by atoms with E-state index in [0.717, 1.165) is 43.0 Å². The molecule has 0 amide bonds. The second kappa shape index (κ2) is 6.69. The topological polar surface area (TPSA) is 47.0 Å². The van der Waals surface area contributed by atoms with Gasteiger partial charge in [0, 0.05) is 25.9 Å². The fourth-order valence-corrected chi connectivity index (χ4v) is 2.16. The third kappa shape index (κ3) is 2.99. The van der Waals surface area contributed by atoms with Crippen molar-refractivity contribution < 1.29 is 4.74 Å². The van der Waals surface area contributed by atoms with Crippen LogP contribution >= 0.6 is 0 Å². The van der Waals surface area contributed by atoms with Crippen LogP contribution in [0, 0.1) is 0 Å². The number of hydrogen-bond acceptors (Lipinski definition) is 4. The molecule has 1 aromatic rings. The first-order valence-corrected chi connectivity index (χ1v) is 6.77. The highest BCUT2D eigenvalue weighted by atomic mass is 16.5. The molecular formula is C14H25N3O. The van der Waals surface area contributed by atoms with Crippen molar-refractivity contribution in [3.05, 3.63) is 17.6 Å². The summed E-state index contributed by atoms with van der Waals surface area (Å²) in [5, 5.41) is 3.10. The van der Waals surface area contributed by atoms with Gasteiger partial charge in [-0.1, -0.05) is 27.2 Å². The van der Waals surface area contributed by atoms with E-state index in [-0.39, 0.29) is 5.60 Å². The molecule has 0 fully saturated rings. The molecular weight excluding hydrogens is 226 g/mol. The molecule has 1 heterocycles. The minimum atomic E-state index is -0.366. The van der Waals surface area contributed by atoms with E-state index in [2.05, 4.69) is 36.1 Å². The van der Waals surface area contributed by atoms with Crippen LogP contribution in [0.3, 0.4) is 0 Å². The molecule has 0 aliphatic heterocycles. The first kappa shape index (κ1) is 14.9. The molecule has 0 bridgehead atoms. The number of aryl methyl sites for hydroxylation is 1. The second-order valence-corrected chi connectivity index (χ2v) is 4.47. The number of nitrogens with zero attached hydrogens (tertiary/aromatic N) is 2. The Balaban J connectivity index is 3.24. The fraction of sp³-hybridized carbons (Fsp3) is 0.714. The van der Waals surface area contributed by atoms with Gasteiger partial charge in [0.25, 0.3) is 0 Å². The van der Waals surface area contributed by atoms with Gasteiger partial charge in [-0.25, -0.2) is 9.97 Å². The zero-order valence-electron chi connectivity index (χ0n) is 12.2. The van der Waals surface area contributed by atoms with Crippen LogP contribution in [0.2, 0.25) is 0 Å². The van der Waals surface area contributed by atoms with Crippen LogP contribution in [0.1, 0.15) is 51.6 Å². The average Bonchev–Trinajstić information content (AvgIpc) is 2.41. The van der Waals surface area contributed by atoms with E-state index in [9.17, 15) is 0 Å². The van der Waals surface area contributed by atoms with Crippen molar-refractivity contribution in [3.63, 3.8) is 0 Å². The molecule has 0 saturated carbocycles. The standard InChI is InChI=1S/C14H25N3O/c1-6-9-11-10-12(15-4)17-13(16-11)14(7-2,8-3)18-5/h10H,6-9H2,1-5H3,(H,15,16,17). The lowest BCUT2D eigenvalue weighted by atomic mass is 9.95. The predicted molar refractivity (Wildman–Crippen MR) is 74.8 cm³/mol. The Morgan fingerprint density at radius 3 is 2.33 bits per heavy atom. The largest absolute Gasteiger partial charge is 0.373 e. The Labute approximate surface area is 110 Å². The zero-order valence-corrected chi connectivity index (χ0v) is 12.2. The van der Waals surface area contributed by atoms with Gasteiger partial charge >= 0.3 is 0 Å². The van der Waals surface area contributed by atoms with Gasteiger partial charge in [0.05, 0.1) is 0 Å². The Kier molecular flexibility index (Phi) is 5.54. The lowest BCUT2D eigenvalue weighted by molar-refractivity contribution is -0.0292. The number of nitrogens with one attached hydrogen (secondary N) is 1. The second-order valence-electron chi connectivity index (χ2n) is 4.47. The van der Waals surface area contributed by atoms with Gasteiger partial charge in [-0.2, -0.15) is 0 Å². The summed E-state index contributed by atoms with van der Waals surface area (Å²) in [5.74, 6) is 1.66. The van der Waals surface area contributed by atoms with E-state index < -0.39 is 0 Å². The number of aromatic nitrogens is 2. The van der Waals surface area contributed by atoms with Gasteiger partial charge in [-0.05, 0) is 19.3 Å². The maximum absolute atomic E-state index is 5.70. The highest BCUT2D eigenvalue weighted by Crippen LogP contribution is 2.30. The number of hydrogen-bond donors (Lipinski definition) is 1. The van der Waals surface area contributed by atoms with Crippen molar-refractivity contribution in [1.29, 1.82) is 0 Å². The zero-order chi connectivity index (χ0) is 13.6. The summed E-state index contributed by atoms with van der Waals surface area (Å²) in [7, 11) is 3.62. The van der Waals surface area contributed by atoms with E-state index in [0.29, 0.717) is 0 Å². The van der Waals surface area contributed by atoms with Gasteiger partial charge < -0.3 is 10.1 Å². The summed E-state index contributed by atoms with van der Waals surface area (Å²) >= 11 is 0. The maximum atomic E-state index is 5.70. The highest BCUT2D eigenvalue weighted by Gasteiger charge is 2.32. The Morgan fingerprint density at radius 2 is 1.89 bits per heavy atom. The van der Waals surface area contributed by atoms with Crippen molar-refractivity contribution >= 4 is 5.82 Å². The Morgan fingerprint density at radius 1 is 1.22 bits per heavy atom. The first-order chi connectivity index (χ1) is 8.65. The molecule has 4 heteroatoms. The summed E-state index contributed by atoms with van der Waals surface area (Å²) in [6.07, 6.45) is 3.80. The van der Waals surface area contributed by atoms with Crippen molar-refractivity contribution in [2.75, 3.05) is 19.5 Å². The van der Waals surface area contributed by atoms with Crippen molar-refractivity contribution in [1.82, 2.24) is 9.97 Å². The molecule has 0 unspecified atom stereocenters. The number of ether oxygens (including phenoxy) is 1. The van der Waals surface area contributed by atoms with Crippen LogP contribution in [0.25, 0.3) is 0 Å². The van der Waals surface area contributed by atoms with Crippen LogP contribution in [0.4, 0.5) is 5.82 Å². The predicted octanol–water partition coefficient (Wildman–Crippen LogP) is 3.13. The Hall–Kier alpha value is -1.16. The summed E-state index contributed by atoms with van der Waals surface area (Å²) in [6.45, 7) is 6.38. The minimum Gasteiger partial charge on any atom is -0.373 e. The molecule has 0 spiro atoms. The number of methoxy groups -OCH3 is 1. The number of rotatable bonds is 7. The van der Waals surface area contributed by atoms with E-state index in [1.807, 2.05) is 13.1 Å². The summed E-state index contributed by atoms with van der Waals surface area (Å²) < 4.78 is 5.70. The maximum Gasteiger partial charge on any atom is 0.162 e. The minimum absolute atomic E-state index is 0.366. The van der Waals surface area contributed by atoms with Gasteiger partial charge in [0.1, 0.15) is 11.4 Å². The van der Waals surface area contributed by atoms with Gasteiger partial charge in [-0.15, -0.1) is 0 Å². The molecule has 0 aliphatic carbocycles. The quantitative estimate of drug-likeness (QED) is 0.808. The molecule has 0 saturated heterocycles. The first-order valence-electron chi connectivity index (χ1n) is 6.77. The smallest absolute Gasteiger partial charge is 0.162 e. The van der Waals surface area contributed by atoms with Crippen molar-refractivity contribution in [2.45, 2.75) is 52.1 Å². The molecule has 0 atom stereocenters. The third-order valence-electron chi connectivity index (χ3n) is 3.48. The molecule has 0 aliphatic rings. The monoisotopic (exact) mass is 251 g/mol. The average molecular weight is 251 g/mol. The molecule has 1 aromatic heterocycles. The van der Waals surface area contributed by atoms with E-state index >= 15 is 0 Å². The SMILES string of the molecule is CCCc1cc(NC)nc(C(CC)(CC)OC)n1. The van der Waals surface area contributed by atoms with Gasteiger partial charge in [-0.3, -0.25) is 0 Å². The lowest BCUT2D eigenvalue weighted by Crippen LogP contribution is -2.30. The molecule has 0 radical (unpaired) electrons. The highest BCUT2D eigenvalue weighted by molar-refractivity contribution is 5.36. The van der Waals surface area contributed by atoms with Crippen LogP contribution in [-0.2, 0) is 16.8 Å². The van der Waals surface area contributed by atoms with Crippen LogP contribution in [-0.4, -0.2) is 24.1 Å². The van der Waals surface area contributed by atoms with Crippen LogP contribution in [0.15, 0.2) is 6.07 Å². The van der Waals surface area contributed by atoms with E-state index in [4.69, 9.17) is 4.74 Å². The summed E-state index contributed by atoms with van der Waals surface area (Å²) in [6, 6.07) is 2.01. The normalized spacial score (nSPS) is 11.6. The fourth-order valence-electron chi connectivity index (χ4n) is 2.16. The molecule has 1 N–H and O–H groups in total. The number of anilines is 1. The molecule has 102 valence electrons. The molecule has 4 nitrogen and oxygen atoms in total. The van der Waals surface area contributed by atoms with Crippen molar-refractivity contribution in [3.8, 4) is 0 Å². The van der Waals surface area contributed by atoms with Crippen LogP contribution < -0.4 is 5.32 Å². The third-order valence-corrected chi connectivity index (χ3v) is 3.48. The molecule has 1 rings (SSSR count). The van der Waals surface area contributed by atoms with E-state index in [1.54, 1.807) is 7.11 Å². The summed E-state index contributed by atoms with van der Waals surface area (Å²) in [4.78, 5) is 9.25. The van der Waals surface area contributed by atoms with Gasteiger partial charge in [0.2, 0.25) is 0 Å².